The molecule has 1 aliphatic carbocycles. The van der Waals surface area contributed by atoms with Gasteiger partial charge in [0, 0.05) is 25.4 Å². The second-order valence-corrected chi connectivity index (χ2v) is 7.30. The van der Waals surface area contributed by atoms with Crippen LogP contribution in [0.3, 0.4) is 0 Å². The first-order valence-corrected chi connectivity index (χ1v) is 9.56. The van der Waals surface area contributed by atoms with Gasteiger partial charge >= 0.3 is 0 Å². The fourth-order valence-electron chi connectivity index (χ4n) is 3.21. The van der Waals surface area contributed by atoms with E-state index in [9.17, 15) is 9.90 Å². The van der Waals surface area contributed by atoms with E-state index in [1.54, 1.807) is 25.2 Å². The van der Waals surface area contributed by atoms with Crippen LogP contribution in [0.1, 0.15) is 23.2 Å². The normalized spacial score (nSPS) is 18.3. The Bertz CT molecular complexity index is 1110. The second kappa shape index (κ2) is 8.14. The molecule has 3 aromatic rings. The predicted molar refractivity (Wildman–Crippen MR) is 117 cm³/mol. The SMILES string of the molecule is [B]C([B])([B])Oc1ncccc1Nc1cc(NC)n2ncc(C(=O)NC3CC(O)C3)c2n1. The monoisotopic (exact) mass is 413 g/mol. The number of aromatic nitrogens is 4. The number of carbonyl (C=O) groups is 1. The summed E-state index contributed by atoms with van der Waals surface area (Å²) in [4.78, 5) is 21.3. The van der Waals surface area contributed by atoms with Gasteiger partial charge in [-0.3, -0.25) is 4.79 Å². The summed E-state index contributed by atoms with van der Waals surface area (Å²) in [7, 11) is 18.3. The molecule has 3 aromatic heterocycles. The Kier molecular flexibility index (Phi) is 5.53. The van der Waals surface area contributed by atoms with Gasteiger partial charge in [0.05, 0.1) is 12.3 Å². The van der Waals surface area contributed by atoms with E-state index in [2.05, 4.69) is 31.0 Å². The summed E-state index contributed by atoms with van der Waals surface area (Å²) in [5, 5.41) is 20.8. The molecule has 13 heteroatoms. The molecule has 1 amide bonds. The van der Waals surface area contributed by atoms with Crippen LogP contribution in [0.5, 0.6) is 5.88 Å². The first-order valence-electron chi connectivity index (χ1n) is 9.56. The van der Waals surface area contributed by atoms with Crippen molar-refractivity contribution >= 4 is 52.4 Å². The Morgan fingerprint density at radius 1 is 1.35 bits per heavy atom. The molecule has 0 spiro atoms. The van der Waals surface area contributed by atoms with E-state index in [1.807, 2.05) is 0 Å². The Morgan fingerprint density at radius 2 is 2.13 bits per heavy atom. The zero-order chi connectivity index (χ0) is 22.2. The van der Waals surface area contributed by atoms with E-state index < -0.39 is 5.30 Å². The Hall–Kier alpha value is -3.21. The van der Waals surface area contributed by atoms with Crippen LogP contribution in [0, 0.1) is 0 Å². The highest BCUT2D eigenvalue weighted by Crippen LogP contribution is 2.28. The number of fused-ring (bicyclic) bond motifs is 1. The molecule has 1 saturated carbocycles. The highest BCUT2D eigenvalue weighted by atomic mass is 16.5. The molecule has 0 aliphatic heterocycles. The van der Waals surface area contributed by atoms with Crippen LogP contribution >= 0.6 is 0 Å². The molecule has 0 unspecified atom stereocenters. The molecule has 1 fully saturated rings. The van der Waals surface area contributed by atoms with E-state index in [0.717, 1.165) is 0 Å². The molecule has 0 atom stereocenters. The summed E-state index contributed by atoms with van der Waals surface area (Å²) < 4.78 is 6.80. The zero-order valence-electron chi connectivity index (χ0n) is 16.7. The minimum Gasteiger partial charge on any atom is -0.499 e. The number of ether oxygens (including phenoxy) is 1. The van der Waals surface area contributed by atoms with E-state index in [0.29, 0.717) is 41.4 Å². The van der Waals surface area contributed by atoms with Crippen molar-refractivity contribution in [2.24, 2.45) is 0 Å². The highest BCUT2D eigenvalue weighted by Gasteiger charge is 2.29. The average molecular weight is 413 g/mol. The quantitative estimate of drug-likeness (QED) is 0.388. The summed E-state index contributed by atoms with van der Waals surface area (Å²) in [5.41, 5.74) is 1.05. The number of carbonyl (C=O) groups excluding carboxylic acids is 1. The third-order valence-electron chi connectivity index (χ3n) is 4.73. The summed E-state index contributed by atoms with van der Waals surface area (Å²) in [6.45, 7) is 0. The van der Waals surface area contributed by atoms with Crippen molar-refractivity contribution in [3.8, 4) is 5.88 Å². The first-order chi connectivity index (χ1) is 14.7. The zero-order valence-corrected chi connectivity index (χ0v) is 16.7. The molecule has 10 nitrogen and oxygen atoms in total. The fourth-order valence-corrected chi connectivity index (χ4v) is 3.21. The van der Waals surface area contributed by atoms with Crippen LogP contribution in [-0.2, 0) is 0 Å². The average Bonchev–Trinajstić information content (AvgIpc) is 3.10. The molecule has 1 aliphatic rings. The van der Waals surface area contributed by atoms with Crippen LogP contribution in [0.25, 0.3) is 5.65 Å². The molecule has 0 saturated heterocycles. The van der Waals surface area contributed by atoms with Gasteiger partial charge in [-0.1, -0.05) is 0 Å². The first kappa shape index (κ1) is 21.0. The number of nitrogens with one attached hydrogen (secondary N) is 3. The number of pyridine rings is 1. The summed E-state index contributed by atoms with van der Waals surface area (Å²) in [6.07, 6.45) is 3.63. The third-order valence-corrected chi connectivity index (χ3v) is 4.73. The lowest BCUT2D eigenvalue weighted by atomic mass is 9.52. The minimum atomic E-state index is -1.91. The van der Waals surface area contributed by atoms with Gasteiger partial charge in [-0.05, 0) is 30.3 Å². The lowest BCUT2D eigenvalue weighted by molar-refractivity contribution is 0.0563. The molecule has 31 heavy (non-hydrogen) atoms. The molecule has 0 bridgehead atoms. The van der Waals surface area contributed by atoms with Crippen LogP contribution in [0.4, 0.5) is 17.3 Å². The number of rotatable bonds is 7. The topological polar surface area (TPSA) is 126 Å². The van der Waals surface area contributed by atoms with Gasteiger partial charge in [0.2, 0.25) is 5.88 Å². The molecule has 4 rings (SSSR count). The molecule has 3 heterocycles. The van der Waals surface area contributed by atoms with Gasteiger partial charge in [-0.25, -0.2) is 9.97 Å². The molecule has 0 aromatic carbocycles. The third kappa shape index (κ3) is 4.61. The summed E-state index contributed by atoms with van der Waals surface area (Å²) >= 11 is 0. The van der Waals surface area contributed by atoms with Gasteiger partial charge in [0.15, 0.2) is 5.65 Å². The maximum atomic E-state index is 12.7. The number of amides is 1. The molecular weight excluding hydrogens is 395 g/mol. The fraction of sp³-hybridized carbons (Fsp3) is 0.333. The van der Waals surface area contributed by atoms with Crippen molar-refractivity contribution in [2.45, 2.75) is 30.3 Å². The molecule has 152 valence electrons. The largest absolute Gasteiger partial charge is 0.499 e. The van der Waals surface area contributed by atoms with Crippen molar-refractivity contribution in [1.29, 1.82) is 0 Å². The molecule has 6 radical (unpaired) electrons. The standard InChI is InChI=1S/C18H18B3N7O3/c1-22-14-7-13(26-12-3-2-4-23-17(12)31-18(19,20)21)27-15-11(8-24-28(14)15)16(30)25-9-5-10(29)6-9/h2-4,7-10,22,29H,5-6H2,1H3,(H,25,30)(H,26,27). The predicted octanol–water partition coefficient (Wildman–Crippen LogP) is -0.342. The maximum absolute atomic E-state index is 12.7. The number of anilines is 3. The summed E-state index contributed by atoms with van der Waals surface area (Å²) in [6, 6.07) is 5.00. The van der Waals surface area contributed by atoms with Crippen molar-refractivity contribution < 1.29 is 14.6 Å². The maximum Gasteiger partial charge on any atom is 0.256 e. The number of aliphatic hydroxyl groups excluding tert-OH is 1. The highest BCUT2D eigenvalue weighted by molar-refractivity contribution is 6.58. The second-order valence-electron chi connectivity index (χ2n) is 7.30. The van der Waals surface area contributed by atoms with Crippen LogP contribution in [0.15, 0.2) is 30.6 Å². The van der Waals surface area contributed by atoms with Crippen molar-refractivity contribution in [3.05, 3.63) is 36.2 Å². The Labute approximate surface area is 182 Å². The number of hydrogen-bond donors (Lipinski definition) is 4. The van der Waals surface area contributed by atoms with Crippen LogP contribution < -0.4 is 20.7 Å². The Morgan fingerprint density at radius 3 is 2.81 bits per heavy atom. The molecular formula is C18H18B3N7O3. The Balaban J connectivity index is 1.66. The van der Waals surface area contributed by atoms with E-state index in [1.165, 1.54) is 16.9 Å². The van der Waals surface area contributed by atoms with Gasteiger partial charge in [-0.15, -0.1) is 0 Å². The summed E-state index contributed by atoms with van der Waals surface area (Å²) in [5.74, 6) is 0.739. The minimum absolute atomic E-state index is 0.0679. The van der Waals surface area contributed by atoms with Crippen molar-refractivity contribution in [3.63, 3.8) is 0 Å². The lowest BCUT2D eigenvalue weighted by Gasteiger charge is -2.31. The van der Waals surface area contributed by atoms with Gasteiger partial charge in [0.1, 0.15) is 46.4 Å². The lowest BCUT2D eigenvalue weighted by Crippen LogP contribution is -2.46. The number of hydrogen-bond acceptors (Lipinski definition) is 8. The van der Waals surface area contributed by atoms with Crippen LogP contribution in [-0.4, -0.2) is 78.6 Å². The smallest absolute Gasteiger partial charge is 0.256 e. The number of nitrogens with zero attached hydrogens (tertiary/aromatic N) is 4. The van der Waals surface area contributed by atoms with Gasteiger partial charge in [0.25, 0.3) is 5.91 Å². The van der Waals surface area contributed by atoms with Gasteiger partial charge < -0.3 is 25.8 Å². The number of aliphatic hydroxyl groups is 1. The van der Waals surface area contributed by atoms with E-state index in [4.69, 9.17) is 28.3 Å². The van der Waals surface area contributed by atoms with Crippen LogP contribution in [0.2, 0.25) is 0 Å². The van der Waals surface area contributed by atoms with Gasteiger partial charge in [-0.2, -0.15) is 9.61 Å². The van der Waals surface area contributed by atoms with E-state index >= 15 is 0 Å². The van der Waals surface area contributed by atoms with Crippen molar-refractivity contribution in [2.75, 3.05) is 17.7 Å². The van der Waals surface area contributed by atoms with E-state index in [-0.39, 0.29) is 23.9 Å². The van der Waals surface area contributed by atoms with Crippen molar-refractivity contribution in [1.82, 2.24) is 24.9 Å². The molecule has 4 N–H and O–H groups in total.